The van der Waals surface area contributed by atoms with Crippen molar-refractivity contribution in [1.82, 2.24) is 5.32 Å². The molecular formula is C13H21N3O2. The van der Waals surface area contributed by atoms with Crippen LogP contribution in [0.3, 0.4) is 0 Å². The topological polar surface area (TPSA) is 79.9 Å². The van der Waals surface area contributed by atoms with Gasteiger partial charge in [-0.15, -0.1) is 0 Å². The van der Waals surface area contributed by atoms with Gasteiger partial charge in [0, 0.05) is 12.5 Å². The van der Waals surface area contributed by atoms with Gasteiger partial charge in [-0.25, -0.2) is 0 Å². The van der Waals surface area contributed by atoms with Crippen LogP contribution < -0.4 is 15.8 Å². The maximum atomic E-state index is 8.47. The van der Waals surface area contributed by atoms with Crippen molar-refractivity contribution in [3.05, 3.63) is 29.8 Å². The molecule has 1 rings (SSSR count). The summed E-state index contributed by atoms with van der Waals surface area (Å²) in [6.45, 7) is 2.84. The van der Waals surface area contributed by atoms with E-state index < -0.39 is 0 Å². The average Bonchev–Trinajstić information content (AvgIpc) is 2.38. The van der Waals surface area contributed by atoms with E-state index in [0.717, 1.165) is 18.7 Å². The summed E-state index contributed by atoms with van der Waals surface area (Å²) < 4.78 is 5.17. The molecule has 0 radical (unpaired) electrons. The van der Waals surface area contributed by atoms with Crippen LogP contribution in [-0.4, -0.2) is 30.7 Å². The summed E-state index contributed by atoms with van der Waals surface area (Å²) >= 11 is 0. The van der Waals surface area contributed by atoms with Crippen molar-refractivity contribution in [3.8, 4) is 5.75 Å². The average molecular weight is 251 g/mol. The fraction of sp³-hybridized carbons (Fsp3) is 0.462. The Kier molecular flexibility index (Phi) is 6.00. The zero-order valence-corrected chi connectivity index (χ0v) is 10.9. The summed E-state index contributed by atoms with van der Waals surface area (Å²) in [4.78, 5) is 0. The minimum atomic E-state index is 0.187. The first kappa shape index (κ1) is 14.3. The fourth-order valence-electron chi connectivity index (χ4n) is 1.72. The van der Waals surface area contributed by atoms with E-state index in [0.29, 0.717) is 6.42 Å². The van der Waals surface area contributed by atoms with Crippen LogP contribution in [0.15, 0.2) is 29.4 Å². The van der Waals surface area contributed by atoms with Gasteiger partial charge in [0.15, 0.2) is 0 Å². The van der Waals surface area contributed by atoms with Crippen molar-refractivity contribution in [3.63, 3.8) is 0 Å². The Labute approximate surface area is 108 Å². The molecule has 0 fully saturated rings. The van der Waals surface area contributed by atoms with Crippen molar-refractivity contribution >= 4 is 5.84 Å². The standard InChI is InChI=1S/C13H21N3O2/c1-10(8-13(14)16-17)15-7-6-11-4-3-5-12(9-11)18-2/h3-5,9-10,15,17H,6-8H2,1-2H3,(H2,14,16). The number of methoxy groups -OCH3 is 1. The molecule has 1 aromatic rings. The number of rotatable bonds is 7. The molecule has 0 heterocycles. The zero-order valence-electron chi connectivity index (χ0n) is 10.9. The Morgan fingerprint density at radius 3 is 3.00 bits per heavy atom. The van der Waals surface area contributed by atoms with Crippen molar-refractivity contribution < 1.29 is 9.94 Å². The number of nitrogens with zero attached hydrogens (tertiary/aromatic N) is 1. The van der Waals surface area contributed by atoms with Gasteiger partial charge in [-0.3, -0.25) is 0 Å². The van der Waals surface area contributed by atoms with E-state index in [-0.39, 0.29) is 11.9 Å². The van der Waals surface area contributed by atoms with Crippen molar-refractivity contribution in [2.24, 2.45) is 10.9 Å². The van der Waals surface area contributed by atoms with Gasteiger partial charge in [0.1, 0.15) is 11.6 Å². The van der Waals surface area contributed by atoms with Gasteiger partial charge >= 0.3 is 0 Å². The van der Waals surface area contributed by atoms with Gasteiger partial charge in [0.05, 0.1) is 7.11 Å². The molecule has 100 valence electrons. The minimum absolute atomic E-state index is 0.187. The smallest absolute Gasteiger partial charge is 0.140 e. The molecule has 0 spiro atoms. The van der Waals surface area contributed by atoms with Crippen LogP contribution in [0.5, 0.6) is 5.75 Å². The third kappa shape index (κ3) is 5.05. The third-order valence-electron chi connectivity index (χ3n) is 2.68. The summed E-state index contributed by atoms with van der Waals surface area (Å²) in [6.07, 6.45) is 1.45. The van der Waals surface area contributed by atoms with Crippen LogP contribution in [0.2, 0.25) is 0 Å². The number of nitrogens with one attached hydrogen (secondary N) is 1. The Morgan fingerprint density at radius 1 is 1.56 bits per heavy atom. The highest BCUT2D eigenvalue weighted by molar-refractivity contribution is 5.80. The second-order valence-electron chi connectivity index (χ2n) is 4.25. The molecule has 5 nitrogen and oxygen atoms in total. The molecule has 1 aromatic carbocycles. The number of oxime groups is 1. The van der Waals surface area contributed by atoms with Gasteiger partial charge in [0.25, 0.3) is 0 Å². The van der Waals surface area contributed by atoms with E-state index in [1.54, 1.807) is 7.11 Å². The number of nitrogens with two attached hydrogens (primary N) is 1. The monoisotopic (exact) mass is 251 g/mol. The molecule has 0 saturated carbocycles. The van der Waals surface area contributed by atoms with Crippen LogP contribution in [-0.2, 0) is 6.42 Å². The van der Waals surface area contributed by atoms with Crippen LogP contribution in [0, 0.1) is 0 Å². The summed E-state index contributed by atoms with van der Waals surface area (Å²) in [5, 5.41) is 14.7. The predicted molar refractivity (Wildman–Crippen MR) is 72.2 cm³/mol. The maximum absolute atomic E-state index is 8.47. The van der Waals surface area contributed by atoms with Crippen LogP contribution in [0.1, 0.15) is 18.9 Å². The van der Waals surface area contributed by atoms with E-state index in [1.807, 2.05) is 25.1 Å². The number of benzene rings is 1. The molecule has 0 amide bonds. The van der Waals surface area contributed by atoms with E-state index in [2.05, 4.69) is 16.5 Å². The number of hydrogen-bond acceptors (Lipinski definition) is 4. The van der Waals surface area contributed by atoms with Gasteiger partial charge in [-0.2, -0.15) is 0 Å². The van der Waals surface area contributed by atoms with Gasteiger partial charge in [-0.1, -0.05) is 17.3 Å². The molecule has 4 N–H and O–H groups in total. The van der Waals surface area contributed by atoms with Crippen LogP contribution >= 0.6 is 0 Å². The first-order valence-electron chi connectivity index (χ1n) is 5.98. The number of ether oxygens (including phenoxy) is 1. The first-order chi connectivity index (χ1) is 8.65. The lowest BCUT2D eigenvalue weighted by Gasteiger charge is -2.12. The second-order valence-corrected chi connectivity index (χ2v) is 4.25. The quantitative estimate of drug-likeness (QED) is 0.296. The molecule has 0 saturated heterocycles. The lowest BCUT2D eigenvalue weighted by Crippen LogP contribution is -2.32. The summed E-state index contributed by atoms with van der Waals surface area (Å²) in [5.74, 6) is 1.12. The van der Waals surface area contributed by atoms with E-state index in [9.17, 15) is 0 Å². The molecule has 0 aliphatic heterocycles. The Balaban J connectivity index is 2.32. The highest BCUT2D eigenvalue weighted by Crippen LogP contribution is 2.12. The second kappa shape index (κ2) is 7.55. The van der Waals surface area contributed by atoms with Crippen molar-refractivity contribution in [1.29, 1.82) is 0 Å². The van der Waals surface area contributed by atoms with Gasteiger partial charge < -0.3 is 21.0 Å². The molecule has 5 heteroatoms. The number of amidine groups is 1. The van der Waals surface area contributed by atoms with E-state index >= 15 is 0 Å². The molecule has 1 atom stereocenters. The Hall–Kier alpha value is -1.75. The van der Waals surface area contributed by atoms with E-state index in [4.69, 9.17) is 15.7 Å². The largest absolute Gasteiger partial charge is 0.497 e. The zero-order chi connectivity index (χ0) is 13.4. The molecule has 0 bridgehead atoms. The summed E-state index contributed by atoms with van der Waals surface area (Å²) in [6, 6.07) is 8.19. The molecule has 1 unspecified atom stereocenters. The van der Waals surface area contributed by atoms with Crippen molar-refractivity contribution in [2.45, 2.75) is 25.8 Å². The maximum Gasteiger partial charge on any atom is 0.140 e. The highest BCUT2D eigenvalue weighted by Gasteiger charge is 2.04. The third-order valence-corrected chi connectivity index (χ3v) is 2.68. The molecular weight excluding hydrogens is 230 g/mol. The summed E-state index contributed by atoms with van der Waals surface area (Å²) in [5.41, 5.74) is 6.66. The van der Waals surface area contributed by atoms with Gasteiger partial charge in [-0.05, 0) is 37.6 Å². The first-order valence-corrected chi connectivity index (χ1v) is 5.98. The molecule has 0 aliphatic carbocycles. The molecule has 18 heavy (non-hydrogen) atoms. The predicted octanol–water partition coefficient (Wildman–Crippen LogP) is 1.35. The van der Waals surface area contributed by atoms with Crippen molar-refractivity contribution in [2.75, 3.05) is 13.7 Å². The SMILES string of the molecule is COc1cccc(CCNC(C)C/C(N)=N/O)c1. The Bertz CT molecular complexity index is 394. The lowest BCUT2D eigenvalue weighted by molar-refractivity contribution is 0.316. The minimum Gasteiger partial charge on any atom is -0.497 e. The van der Waals surface area contributed by atoms with Gasteiger partial charge in [0.2, 0.25) is 0 Å². The fourth-order valence-corrected chi connectivity index (χ4v) is 1.72. The Morgan fingerprint density at radius 2 is 2.33 bits per heavy atom. The number of hydrogen-bond donors (Lipinski definition) is 3. The van der Waals surface area contributed by atoms with Crippen LogP contribution in [0.25, 0.3) is 0 Å². The molecule has 0 aromatic heterocycles. The lowest BCUT2D eigenvalue weighted by atomic mass is 10.1. The summed E-state index contributed by atoms with van der Waals surface area (Å²) in [7, 11) is 1.66. The normalized spacial score (nSPS) is 13.3. The molecule has 0 aliphatic rings. The highest BCUT2D eigenvalue weighted by atomic mass is 16.5. The van der Waals surface area contributed by atoms with Crippen LogP contribution in [0.4, 0.5) is 0 Å². The van der Waals surface area contributed by atoms with E-state index in [1.165, 1.54) is 5.56 Å².